The molecule has 5 rings (SSSR count). The minimum Gasteiger partial charge on any atom is -0.356 e. The highest BCUT2D eigenvalue weighted by Crippen LogP contribution is 2.26. The third kappa shape index (κ3) is 4.71. The predicted octanol–water partition coefficient (Wildman–Crippen LogP) is 8.51. The predicted molar refractivity (Wildman–Crippen MR) is 137 cm³/mol. The fraction of sp³-hybridized carbons (Fsp3) is 0. The summed E-state index contributed by atoms with van der Waals surface area (Å²) in [6, 6.07) is 46.2. The summed E-state index contributed by atoms with van der Waals surface area (Å²) in [4.78, 5) is 0. The van der Waals surface area contributed by atoms with Crippen molar-refractivity contribution in [1.82, 2.24) is 0 Å². The lowest BCUT2D eigenvalue weighted by Crippen LogP contribution is -1.93. The standard InChI is InChI=1S/C30H24N2/c1-3-7-23(8-4-1)25-11-15-27(16-12-25)31-29-19-21-30(22-20-29)32-28-17-13-26(14-18-28)24-9-5-2-6-10-24/h1-22,31-32H. The van der Waals surface area contributed by atoms with Gasteiger partial charge in [-0.25, -0.2) is 0 Å². The van der Waals surface area contributed by atoms with Gasteiger partial charge >= 0.3 is 0 Å². The van der Waals surface area contributed by atoms with E-state index in [1.807, 2.05) is 12.1 Å². The van der Waals surface area contributed by atoms with Gasteiger partial charge in [0.25, 0.3) is 0 Å². The lowest BCUT2D eigenvalue weighted by molar-refractivity contribution is 1.51. The fourth-order valence-electron chi connectivity index (χ4n) is 3.72. The second kappa shape index (κ2) is 9.23. The van der Waals surface area contributed by atoms with Gasteiger partial charge in [0.15, 0.2) is 0 Å². The maximum Gasteiger partial charge on any atom is 0.0385 e. The number of hydrogen-bond donors (Lipinski definition) is 2. The lowest BCUT2D eigenvalue weighted by atomic mass is 10.1. The van der Waals surface area contributed by atoms with Crippen molar-refractivity contribution in [3.05, 3.63) is 133 Å². The molecule has 0 aliphatic rings. The zero-order valence-corrected chi connectivity index (χ0v) is 17.7. The summed E-state index contributed by atoms with van der Waals surface area (Å²) >= 11 is 0. The van der Waals surface area contributed by atoms with E-state index in [-0.39, 0.29) is 0 Å². The Morgan fingerprint density at radius 2 is 0.500 bits per heavy atom. The Labute approximate surface area is 189 Å². The summed E-state index contributed by atoms with van der Waals surface area (Å²) < 4.78 is 0. The van der Waals surface area contributed by atoms with E-state index < -0.39 is 0 Å². The van der Waals surface area contributed by atoms with Crippen LogP contribution in [-0.4, -0.2) is 0 Å². The highest BCUT2D eigenvalue weighted by Gasteiger charge is 2.01. The molecule has 0 aliphatic carbocycles. The molecule has 0 unspecified atom stereocenters. The van der Waals surface area contributed by atoms with Crippen molar-refractivity contribution < 1.29 is 0 Å². The zero-order valence-electron chi connectivity index (χ0n) is 17.7. The quantitative estimate of drug-likeness (QED) is 0.292. The van der Waals surface area contributed by atoms with E-state index in [1.54, 1.807) is 0 Å². The van der Waals surface area contributed by atoms with E-state index in [2.05, 4.69) is 132 Å². The van der Waals surface area contributed by atoms with Crippen molar-refractivity contribution in [2.45, 2.75) is 0 Å². The van der Waals surface area contributed by atoms with E-state index in [4.69, 9.17) is 0 Å². The summed E-state index contributed by atoms with van der Waals surface area (Å²) in [5, 5.41) is 6.94. The maximum atomic E-state index is 3.47. The molecule has 0 atom stereocenters. The Bertz CT molecular complexity index is 1160. The molecule has 5 aromatic rings. The highest BCUT2D eigenvalue weighted by atomic mass is 14.9. The van der Waals surface area contributed by atoms with E-state index in [9.17, 15) is 0 Å². The molecule has 0 saturated heterocycles. The average molecular weight is 413 g/mol. The highest BCUT2D eigenvalue weighted by molar-refractivity contribution is 5.71. The smallest absolute Gasteiger partial charge is 0.0385 e. The molecule has 2 nitrogen and oxygen atoms in total. The van der Waals surface area contributed by atoms with Gasteiger partial charge in [-0.15, -0.1) is 0 Å². The summed E-state index contributed by atoms with van der Waals surface area (Å²) in [7, 11) is 0. The van der Waals surface area contributed by atoms with Gasteiger partial charge in [-0.1, -0.05) is 84.9 Å². The third-order valence-corrected chi connectivity index (χ3v) is 5.45. The molecular formula is C30H24N2. The van der Waals surface area contributed by atoms with Gasteiger partial charge in [-0.05, 0) is 70.8 Å². The van der Waals surface area contributed by atoms with Crippen LogP contribution in [0.2, 0.25) is 0 Å². The van der Waals surface area contributed by atoms with E-state index in [1.165, 1.54) is 22.3 Å². The Hall–Kier alpha value is -4.30. The number of rotatable bonds is 6. The molecule has 0 heterocycles. The number of benzene rings is 5. The average Bonchev–Trinajstić information content (AvgIpc) is 2.87. The van der Waals surface area contributed by atoms with Crippen LogP contribution in [0.15, 0.2) is 133 Å². The number of anilines is 4. The van der Waals surface area contributed by atoms with Gasteiger partial charge in [-0.3, -0.25) is 0 Å². The summed E-state index contributed by atoms with van der Waals surface area (Å²) in [5.41, 5.74) is 9.15. The topological polar surface area (TPSA) is 24.1 Å². The van der Waals surface area contributed by atoms with Gasteiger partial charge in [0.2, 0.25) is 0 Å². The summed E-state index contributed by atoms with van der Waals surface area (Å²) in [6.07, 6.45) is 0. The fourth-order valence-corrected chi connectivity index (χ4v) is 3.72. The second-order valence-electron chi connectivity index (χ2n) is 7.71. The number of nitrogens with one attached hydrogen (secondary N) is 2. The molecule has 0 spiro atoms. The lowest BCUT2D eigenvalue weighted by Gasteiger charge is -2.11. The SMILES string of the molecule is c1ccc(-c2ccc(Nc3ccc(Nc4ccc(-c5ccccc5)cc4)cc3)cc2)cc1. The first-order valence-corrected chi connectivity index (χ1v) is 10.8. The minimum atomic E-state index is 1.06. The first kappa shape index (κ1) is 19.7. The van der Waals surface area contributed by atoms with Crippen LogP contribution in [-0.2, 0) is 0 Å². The Kier molecular flexibility index (Phi) is 5.67. The van der Waals surface area contributed by atoms with Crippen LogP contribution in [0.4, 0.5) is 22.7 Å². The van der Waals surface area contributed by atoms with E-state index in [0.717, 1.165) is 22.7 Å². The largest absolute Gasteiger partial charge is 0.356 e. The van der Waals surface area contributed by atoms with Crippen molar-refractivity contribution in [1.29, 1.82) is 0 Å². The van der Waals surface area contributed by atoms with Crippen molar-refractivity contribution in [2.75, 3.05) is 10.6 Å². The molecule has 0 amide bonds. The molecule has 2 heteroatoms. The molecule has 2 N–H and O–H groups in total. The molecule has 5 aromatic carbocycles. The van der Waals surface area contributed by atoms with Crippen LogP contribution in [0.3, 0.4) is 0 Å². The summed E-state index contributed by atoms with van der Waals surface area (Å²) in [5.74, 6) is 0. The molecule has 0 aliphatic heterocycles. The molecule has 0 radical (unpaired) electrons. The van der Waals surface area contributed by atoms with Gasteiger partial charge < -0.3 is 10.6 Å². The van der Waals surface area contributed by atoms with Gasteiger partial charge in [0, 0.05) is 22.7 Å². The van der Waals surface area contributed by atoms with Gasteiger partial charge in [-0.2, -0.15) is 0 Å². The first-order chi connectivity index (χ1) is 15.8. The first-order valence-electron chi connectivity index (χ1n) is 10.8. The van der Waals surface area contributed by atoms with Crippen LogP contribution in [0, 0.1) is 0 Å². The van der Waals surface area contributed by atoms with Crippen molar-refractivity contribution in [3.8, 4) is 22.3 Å². The molecular weight excluding hydrogens is 388 g/mol. The van der Waals surface area contributed by atoms with E-state index in [0.29, 0.717) is 0 Å². The molecule has 154 valence electrons. The van der Waals surface area contributed by atoms with Gasteiger partial charge in [0.1, 0.15) is 0 Å². The van der Waals surface area contributed by atoms with Crippen LogP contribution in [0.25, 0.3) is 22.3 Å². The Balaban J connectivity index is 1.22. The normalized spacial score (nSPS) is 10.5. The minimum absolute atomic E-state index is 1.06. The van der Waals surface area contributed by atoms with Crippen molar-refractivity contribution in [2.24, 2.45) is 0 Å². The zero-order chi connectivity index (χ0) is 21.6. The van der Waals surface area contributed by atoms with Gasteiger partial charge in [0.05, 0.1) is 0 Å². The molecule has 0 aromatic heterocycles. The molecule has 32 heavy (non-hydrogen) atoms. The Morgan fingerprint density at radius 3 is 0.812 bits per heavy atom. The monoisotopic (exact) mass is 412 g/mol. The van der Waals surface area contributed by atoms with Crippen LogP contribution in [0.1, 0.15) is 0 Å². The Morgan fingerprint density at radius 1 is 0.250 bits per heavy atom. The maximum absolute atomic E-state index is 3.47. The summed E-state index contributed by atoms with van der Waals surface area (Å²) in [6.45, 7) is 0. The third-order valence-electron chi connectivity index (χ3n) is 5.45. The van der Waals surface area contributed by atoms with Crippen molar-refractivity contribution in [3.63, 3.8) is 0 Å². The van der Waals surface area contributed by atoms with Crippen molar-refractivity contribution >= 4 is 22.7 Å². The molecule has 0 fully saturated rings. The van der Waals surface area contributed by atoms with Crippen LogP contribution >= 0.6 is 0 Å². The van der Waals surface area contributed by atoms with E-state index >= 15 is 0 Å². The molecule has 0 bridgehead atoms. The second-order valence-corrected chi connectivity index (χ2v) is 7.71. The van der Waals surface area contributed by atoms with Crippen LogP contribution < -0.4 is 10.6 Å². The molecule has 0 saturated carbocycles. The van der Waals surface area contributed by atoms with Crippen LogP contribution in [0.5, 0.6) is 0 Å². The number of hydrogen-bond acceptors (Lipinski definition) is 2.